The van der Waals surface area contributed by atoms with Crippen molar-refractivity contribution in [3.63, 3.8) is 0 Å². The second kappa shape index (κ2) is 8.42. The van der Waals surface area contributed by atoms with Gasteiger partial charge in [0.2, 0.25) is 0 Å². The van der Waals surface area contributed by atoms with Crippen molar-refractivity contribution in [2.75, 3.05) is 0 Å². The molecule has 0 unspecified atom stereocenters. The molecule has 1 aromatic heterocycles. The first kappa shape index (κ1) is 20.2. The van der Waals surface area contributed by atoms with E-state index in [2.05, 4.69) is 4.98 Å². The van der Waals surface area contributed by atoms with Gasteiger partial charge in [-0.05, 0) is 42.0 Å². The van der Waals surface area contributed by atoms with Gasteiger partial charge in [0.1, 0.15) is 19.0 Å². The minimum absolute atomic E-state index is 0.0309. The number of amides is 2. The second-order valence-corrected chi connectivity index (χ2v) is 7.67. The van der Waals surface area contributed by atoms with E-state index >= 15 is 0 Å². The molecule has 1 aliphatic rings. The Labute approximate surface area is 188 Å². The fraction of sp³-hybridized carbons (Fsp3) is 0.0800. The first-order valence-electron chi connectivity index (χ1n) is 9.97. The molecule has 2 heterocycles. The van der Waals surface area contributed by atoms with E-state index in [9.17, 15) is 9.59 Å². The Morgan fingerprint density at radius 3 is 2.28 bits per heavy atom. The van der Waals surface area contributed by atoms with Gasteiger partial charge in [-0.3, -0.25) is 14.4 Å². The molecule has 0 N–H and O–H groups in total. The number of aromatic nitrogens is 1. The van der Waals surface area contributed by atoms with Crippen LogP contribution < -0.4 is 4.74 Å². The first-order chi connectivity index (χ1) is 15.6. The third-order valence-electron chi connectivity index (χ3n) is 5.17. The Kier molecular flexibility index (Phi) is 5.31. The number of nitrogens with zero attached hydrogens (tertiary/aromatic N) is 2. The fourth-order valence-corrected chi connectivity index (χ4v) is 3.72. The molecule has 7 heteroatoms. The molecule has 0 saturated heterocycles. The van der Waals surface area contributed by atoms with Crippen molar-refractivity contribution in [2.45, 2.75) is 13.2 Å². The number of rotatable bonds is 6. The highest BCUT2D eigenvalue weighted by molar-refractivity contribution is 6.31. The van der Waals surface area contributed by atoms with Crippen LogP contribution in [0, 0.1) is 0 Å². The van der Waals surface area contributed by atoms with Crippen LogP contribution in [-0.2, 0) is 18.1 Å². The molecule has 1 aliphatic heterocycles. The van der Waals surface area contributed by atoms with Crippen molar-refractivity contribution in [1.82, 2.24) is 10.0 Å². The number of hydrogen-bond acceptors (Lipinski definition) is 5. The van der Waals surface area contributed by atoms with E-state index in [-0.39, 0.29) is 6.61 Å². The predicted molar refractivity (Wildman–Crippen MR) is 119 cm³/mol. The molecule has 0 atom stereocenters. The van der Waals surface area contributed by atoms with Gasteiger partial charge in [0.05, 0.1) is 22.3 Å². The molecule has 32 heavy (non-hydrogen) atoms. The molecule has 0 spiro atoms. The third kappa shape index (κ3) is 3.82. The standard InChI is InChI=1S/C25H17ClN2O4/c26-22-13-19(31-15-18-11-9-16-5-1-4-8-23(16)27-18)12-10-17(22)14-32-28-24(29)20-6-2-3-7-21(20)25(28)30/h1-13H,14-15H2. The second-order valence-electron chi connectivity index (χ2n) is 7.26. The largest absolute Gasteiger partial charge is 0.487 e. The smallest absolute Gasteiger partial charge is 0.285 e. The van der Waals surface area contributed by atoms with Crippen molar-refractivity contribution < 1.29 is 19.2 Å². The summed E-state index contributed by atoms with van der Waals surface area (Å²) in [4.78, 5) is 34.9. The van der Waals surface area contributed by atoms with Crippen LogP contribution in [0.5, 0.6) is 5.75 Å². The van der Waals surface area contributed by atoms with Crippen LogP contribution in [0.15, 0.2) is 78.9 Å². The Balaban J connectivity index is 1.23. The van der Waals surface area contributed by atoms with E-state index in [4.69, 9.17) is 21.2 Å². The Hall–Kier alpha value is -3.74. The maximum Gasteiger partial charge on any atom is 0.285 e. The quantitative estimate of drug-likeness (QED) is 0.382. The molecule has 4 aromatic rings. The number of para-hydroxylation sites is 1. The van der Waals surface area contributed by atoms with E-state index in [1.807, 2.05) is 36.4 Å². The lowest BCUT2D eigenvalue weighted by Gasteiger charge is -2.14. The van der Waals surface area contributed by atoms with Gasteiger partial charge in [-0.1, -0.05) is 54.1 Å². The average Bonchev–Trinajstić information content (AvgIpc) is 3.07. The molecule has 0 aliphatic carbocycles. The summed E-state index contributed by atoms with van der Waals surface area (Å²) in [5.41, 5.74) is 2.99. The van der Waals surface area contributed by atoms with Crippen molar-refractivity contribution in [1.29, 1.82) is 0 Å². The lowest BCUT2D eigenvalue weighted by atomic mass is 10.1. The highest BCUT2D eigenvalue weighted by Gasteiger charge is 2.36. The first-order valence-corrected chi connectivity index (χ1v) is 10.3. The Morgan fingerprint density at radius 1 is 0.812 bits per heavy atom. The summed E-state index contributed by atoms with van der Waals surface area (Å²) >= 11 is 6.37. The molecule has 3 aromatic carbocycles. The SMILES string of the molecule is O=C1c2ccccc2C(=O)N1OCc1ccc(OCc2ccc3ccccc3n2)cc1Cl. The number of benzene rings is 3. The maximum absolute atomic E-state index is 12.4. The summed E-state index contributed by atoms with van der Waals surface area (Å²) in [6.45, 7) is 0.267. The van der Waals surface area contributed by atoms with Crippen molar-refractivity contribution in [3.05, 3.63) is 106 Å². The maximum atomic E-state index is 12.4. The zero-order valence-electron chi connectivity index (χ0n) is 16.8. The predicted octanol–water partition coefficient (Wildman–Crippen LogP) is 5.20. The third-order valence-corrected chi connectivity index (χ3v) is 5.53. The number of hydrogen-bond donors (Lipinski definition) is 0. The van der Waals surface area contributed by atoms with Crippen LogP contribution in [-0.4, -0.2) is 21.9 Å². The molecule has 6 nitrogen and oxygen atoms in total. The molecule has 0 radical (unpaired) electrons. The lowest BCUT2D eigenvalue weighted by molar-refractivity contribution is -0.101. The number of fused-ring (bicyclic) bond motifs is 2. The van der Waals surface area contributed by atoms with Gasteiger partial charge in [-0.2, -0.15) is 0 Å². The highest BCUT2D eigenvalue weighted by Crippen LogP contribution is 2.27. The Bertz CT molecular complexity index is 1320. The molecular weight excluding hydrogens is 428 g/mol. The van der Waals surface area contributed by atoms with E-state index in [0.717, 1.165) is 21.7 Å². The van der Waals surface area contributed by atoms with Gasteiger partial charge >= 0.3 is 0 Å². The summed E-state index contributed by atoms with van der Waals surface area (Å²) < 4.78 is 5.82. The number of ether oxygens (including phenoxy) is 1. The van der Waals surface area contributed by atoms with Crippen LogP contribution in [0.25, 0.3) is 10.9 Å². The number of pyridine rings is 1. The molecular formula is C25H17ClN2O4. The molecule has 158 valence electrons. The number of halogens is 1. The monoisotopic (exact) mass is 444 g/mol. The van der Waals surface area contributed by atoms with E-state index in [1.165, 1.54) is 0 Å². The number of hydroxylamine groups is 2. The lowest BCUT2D eigenvalue weighted by Crippen LogP contribution is -2.29. The minimum Gasteiger partial charge on any atom is -0.487 e. The van der Waals surface area contributed by atoms with E-state index in [0.29, 0.717) is 34.1 Å². The van der Waals surface area contributed by atoms with Crippen molar-refractivity contribution in [3.8, 4) is 5.75 Å². The van der Waals surface area contributed by atoms with Crippen LogP contribution in [0.2, 0.25) is 5.02 Å². The topological polar surface area (TPSA) is 68.7 Å². The van der Waals surface area contributed by atoms with Gasteiger partial charge in [0, 0.05) is 10.4 Å². The van der Waals surface area contributed by atoms with Gasteiger partial charge in [0.25, 0.3) is 11.8 Å². The van der Waals surface area contributed by atoms with Crippen molar-refractivity contribution >= 4 is 34.3 Å². The molecule has 0 saturated carbocycles. The molecule has 5 rings (SSSR count). The van der Waals surface area contributed by atoms with E-state index < -0.39 is 11.8 Å². The zero-order valence-corrected chi connectivity index (χ0v) is 17.6. The van der Waals surface area contributed by atoms with E-state index in [1.54, 1.807) is 42.5 Å². The van der Waals surface area contributed by atoms with Gasteiger partial charge in [-0.15, -0.1) is 5.06 Å². The number of carbonyl (C=O) groups is 2. The average molecular weight is 445 g/mol. The van der Waals surface area contributed by atoms with Gasteiger partial charge in [0.15, 0.2) is 0 Å². The summed E-state index contributed by atoms with van der Waals surface area (Å²) in [6, 6.07) is 23.6. The summed E-state index contributed by atoms with van der Waals surface area (Å²) in [7, 11) is 0. The molecule has 0 bridgehead atoms. The highest BCUT2D eigenvalue weighted by atomic mass is 35.5. The number of carbonyl (C=O) groups excluding carboxylic acids is 2. The van der Waals surface area contributed by atoms with Crippen molar-refractivity contribution in [2.24, 2.45) is 0 Å². The zero-order chi connectivity index (χ0) is 22.1. The summed E-state index contributed by atoms with van der Waals surface area (Å²) in [5, 5.41) is 2.25. The normalized spacial score (nSPS) is 13.0. The van der Waals surface area contributed by atoms with Gasteiger partial charge < -0.3 is 4.74 Å². The van der Waals surface area contributed by atoms with Crippen LogP contribution >= 0.6 is 11.6 Å². The van der Waals surface area contributed by atoms with Crippen LogP contribution in [0.1, 0.15) is 32.0 Å². The van der Waals surface area contributed by atoms with Gasteiger partial charge in [-0.25, -0.2) is 4.98 Å². The summed E-state index contributed by atoms with van der Waals surface area (Å²) in [5.74, 6) is -0.386. The number of imide groups is 1. The van der Waals surface area contributed by atoms with Crippen LogP contribution in [0.3, 0.4) is 0 Å². The molecule has 2 amide bonds. The molecule has 0 fully saturated rings. The van der Waals surface area contributed by atoms with Crippen LogP contribution in [0.4, 0.5) is 0 Å². The summed E-state index contributed by atoms with van der Waals surface area (Å²) in [6.07, 6.45) is 0. The fourth-order valence-electron chi connectivity index (χ4n) is 3.50. The minimum atomic E-state index is -0.482. The Morgan fingerprint density at radius 2 is 1.53 bits per heavy atom.